The zero-order chi connectivity index (χ0) is 23.2. The van der Waals surface area contributed by atoms with Gasteiger partial charge in [0.05, 0.1) is 18.5 Å². The number of methoxy groups -OCH3 is 1. The Labute approximate surface area is 189 Å². The van der Waals surface area contributed by atoms with Gasteiger partial charge in [-0.25, -0.2) is 13.9 Å². The molecule has 0 fully saturated rings. The van der Waals surface area contributed by atoms with Crippen molar-refractivity contribution in [1.29, 1.82) is 0 Å². The van der Waals surface area contributed by atoms with Gasteiger partial charge in [-0.2, -0.15) is 5.10 Å². The molecule has 0 bridgehead atoms. The summed E-state index contributed by atoms with van der Waals surface area (Å²) in [6.07, 6.45) is 5.30. The minimum absolute atomic E-state index is 0.191. The average Bonchev–Trinajstić information content (AvgIpc) is 3.28. The van der Waals surface area contributed by atoms with Crippen LogP contribution >= 0.6 is 0 Å². The molecule has 0 N–H and O–H groups in total. The van der Waals surface area contributed by atoms with Crippen molar-refractivity contribution in [3.8, 4) is 28.4 Å². The molecule has 1 aromatic heterocycles. The third-order valence-corrected chi connectivity index (χ3v) is 4.81. The summed E-state index contributed by atoms with van der Waals surface area (Å²) < 4.78 is 25.7. The highest BCUT2D eigenvalue weighted by atomic mass is 19.1. The Morgan fingerprint density at radius 3 is 2.45 bits per heavy atom. The van der Waals surface area contributed by atoms with Crippen LogP contribution in [0.2, 0.25) is 0 Å². The standard InChI is InChI=1S/C26H19FN2O4/c1-32-24-15-18(17-30)7-13-23(24)33-25(31)14-10-20-16-29(22-5-3-2-4-6-22)28-26(20)19-8-11-21(27)12-9-19/h2-17H,1H3. The highest BCUT2D eigenvalue weighted by molar-refractivity contribution is 5.90. The van der Waals surface area contributed by atoms with Crippen molar-refractivity contribution in [2.75, 3.05) is 7.11 Å². The van der Waals surface area contributed by atoms with Gasteiger partial charge in [-0.1, -0.05) is 18.2 Å². The van der Waals surface area contributed by atoms with E-state index < -0.39 is 5.97 Å². The van der Waals surface area contributed by atoms with Gasteiger partial charge in [0.25, 0.3) is 0 Å². The molecule has 7 heteroatoms. The van der Waals surface area contributed by atoms with Crippen LogP contribution in [0.5, 0.6) is 11.5 Å². The number of para-hydroxylation sites is 1. The second kappa shape index (κ2) is 9.74. The van der Waals surface area contributed by atoms with E-state index in [1.54, 1.807) is 29.1 Å². The lowest BCUT2D eigenvalue weighted by Crippen LogP contribution is -2.05. The molecule has 4 rings (SSSR count). The summed E-state index contributed by atoms with van der Waals surface area (Å²) >= 11 is 0. The van der Waals surface area contributed by atoms with E-state index >= 15 is 0 Å². The first-order valence-electron chi connectivity index (χ1n) is 10.0. The molecule has 0 aliphatic heterocycles. The molecule has 3 aromatic carbocycles. The maximum Gasteiger partial charge on any atom is 0.336 e. The van der Waals surface area contributed by atoms with Gasteiger partial charge < -0.3 is 9.47 Å². The first-order valence-corrected chi connectivity index (χ1v) is 10.0. The Morgan fingerprint density at radius 1 is 1.00 bits per heavy atom. The van der Waals surface area contributed by atoms with Crippen LogP contribution in [-0.2, 0) is 4.79 Å². The van der Waals surface area contributed by atoms with Crippen LogP contribution in [0.4, 0.5) is 4.39 Å². The van der Waals surface area contributed by atoms with Crippen molar-refractivity contribution in [2.45, 2.75) is 0 Å². The normalized spacial score (nSPS) is 10.8. The van der Waals surface area contributed by atoms with Crippen LogP contribution in [0.15, 0.2) is 85.1 Å². The average molecular weight is 442 g/mol. The highest BCUT2D eigenvalue weighted by Crippen LogP contribution is 2.28. The van der Waals surface area contributed by atoms with Crippen molar-refractivity contribution in [1.82, 2.24) is 9.78 Å². The molecular formula is C26H19FN2O4. The predicted octanol–water partition coefficient (Wildman–Crippen LogP) is 5.12. The van der Waals surface area contributed by atoms with Gasteiger partial charge in [-0.15, -0.1) is 0 Å². The number of halogens is 1. The van der Waals surface area contributed by atoms with Gasteiger partial charge in [-0.05, 0) is 60.7 Å². The molecule has 0 radical (unpaired) electrons. The number of rotatable bonds is 7. The summed E-state index contributed by atoms with van der Waals surface area (Å²) in [4.78, 5) is 23.4. The summed E-state index contributed by atoms with van der Waals surface area (Å²) in [6.45, 7) is 0. The molecule has 0 aliphatic carbocycles. The van der Waals surface area contributed by atoms with Crippen LogP contribution in [0.1, 0.15) is 15.9 Å². The van der Waals surface area contributed by atoms with Crippen LogP contribution in [0.3, 0.4) is 0 Å². The SMILES string of the molecule is COc1cc(C=O)ccc1OC(=O)C=Cc1cn(-c2ccccc2)nc1-c1ccc(F)cc1. The highest BCUT2D eigenvalue weighted by Gasteiger charge is 2.13. The lowest BCUT2D eigenvalue weighted by molar-refractivity contribution is -0.129. The van der Waals surface area contributed by atoms with Gasteiger partial charge >= 0.3 is 5.97 Å². The van der Waals surface area contributed by atoms with Crippen molar-refractivity contribution in [3.63, 3.8) is 0 Å². The van der Waals surface area contributed by atoms with E-state index in [0.717, 1.165) is 5.69 Å². The van der Waals surface area contributed by atoms with E-state index in [2.05, 4.69) is 5.10 Å². The molecule has 0 amide bonds. The molecule has 0 atom stereocenters. The lowest BCUT2D eigenvalue weighted by atomic mass is 10.1. The van der Waals surface area contributed by atoms with E-state index in [4.69, 9.17) is 9.47 Å². The smallest absolute Gasteiger partial charge is 0.336 e. The molecule has 0 saturated carbocycles. The number of carbonyl (C=O) groups excluding carboxylic acids is 2. The van der Waals surface area contributed by atoms with Crippen LogP contribution in [0.25, 0.3) is 23.0 Å². The molecule has 0 saturated heterocycles. The molecule has 1 heterocycles. The van der Waals surface area contributed by atoms with Gasteiger partial charge in [0, 0.05) is 29.0 Å². The Kier molecular flexibility index (Phi) is 6.40. The Bertz CT molecular complexity index is 1310. The van der Waals surface area contributed by atoms with Crippen LogP contribution in [-0.4, -0.2) is 29.1 Å². The lowest BCUT2D eigenvalue weighted by Gasteiger charge is -2.08. The number of aldehydes is 1. The van der Waals surface area contributed by atoms with Crippen molar-refractivity contribution in [3.05, 3.63) is 102 Å². The molecule has 0 aliphatic rings. The predicted molar refractivity (Wildman–Crippen MR) is 122 cm³/mol. The second-order valence-electron chi connectivity index (χ2n) is 7.00. The molecule has 4 aromatic rings. The van der Waals surface area contributed by atoms with Gasteiger partial charge in [0.2, 0.25) is 0 Å². The number of ether oxygens (including phenoxy) is 2. The van der Waals surface area contributed by atoms with Crippen LogP contribution in [0, 0.1) is 5.82 Å². The van der Waals surface area contributed by atoms with Gasteiger partial charge in [0.15, 0.2) is 11.5 Å². The van der Waals surface area contributed by atoms with Crippen LogP contribution < -0.4 is 9.47 Å². The molecule has 33 heavy (non-hydrogen) atoms. The van der Waals surface area contributed by atoms with Crippen molar-refractivity contribution >= 4 is 18.3 Å². The Hall–Kier alpha value is -4.52. The summed E-state index contributed by atoms with van der Waals surface area (Å²) in [5.41, 5.74) is 3.16. The van der Waals surface area contributed by atoms with Gasteiger partial charge in [0.1, 0.15) is 12.1 Å². The van der Waals surface area contributed by atoms with E-state index in [-0.39, 0.29) is 17.3 Å². The molecular weight excluding hydrogens is 423 g/mol. The van der Waals surface area contributed by atoms with Crippen molar-refractivity contribution in [2.24, 2.45) is 0 Å². The molecule has 6 nitrogen and oxygen atoms in total. The quantitative estimate of drug-likeness (QED) is 0.172. The number of nitrogens with zero attached hydrogens (tertiary/aromatic N) is 2. The number of esters is 1. The second-order valence-corrected chi connectivity index (χ2v) is 7.00. The number of hydrogen-bond acceptors (Lipinski definition) is 5. The van der Waals surface area contributed by atoms with E-state index in [9.17, 15) is 14.0 Å². The largest absolute Gasteiger partial charge is 0.493 e. The Morgan fingerprint density at radius 2 is 1.76 bits per heavy atom. The number of carbonyl (C=O) groups is 2. The fraction of sp³-hybridized carbons (Fsp3) is 0.0385. The fourth-order valence-electron chi connectivity index (χ4n) is 3.20. The minimum Gasteiger partial charge on any atom is -0.493 e. The molecule has 0 spiro atoms. The van der Waals surface area contributed by atoms with Crippen molar-refractivity contribution < 1.29 is 23.5 Å². The zero-order valence-electron chi connectivity index (χ0n) is 17.6. The third-order valence-electron chi connectivity index (χ3n) is 4.81. The summed E-state index contributed by atoms with van der Waals surface area (Å²) in [7, 11) is 1.42. The molecule has 164 valence electrons. The Balaban J connectivity index is 1.63. The first kappa shape index (κ1) is 21.7. The summed E-state index contributed by atoms with van der Waals surface area (Å²) in [5, 5.41) is 4.63. The number of hydrogen-bond donors (Lipinski definition) is 0. The first-order chi connectivity index (χ1) is 16.1. The van der Waals surface area contributed by atoms with E-state index in [1.807, 2.05) is 30.3 Å². The number of aromatic nitrogens is 2. The molecule has 0 unspecified atom stereocenters. The monoisotopic (exact) mass is 442 g/mol. The van der Waals surface area contributed by atoms with Gasteiger partial charge in [-0.3, -0.25) is 4.79 Å². The van der Waals surface area contributed by atoms with E-state index in [0.29, 0.717) is 28.7 Å². The fourth-order valence-corrected chi connectivity index (χ4v) is 3.20. The maximum absolute atomic E-state index is 13.4. The van der Waals surface area contributed by atoms with E-state index in [1.165, 1.54) is 43.5 Å². The maximum atomic E-state index is 13.4. The summed E-state index contributed by atoms with van der Waals surface area (Å²) in [5.74, 6) is -0.525. The zero-order valence-corrected chi connectivity index (χ0v) is 17.6. The summed E-state index contributed by atoms with van der Waals surface area (Å²) in [6, 6.07) is 20.0. The topological polar surface area (TPSA) is 70.4 Å². The minimum atomic E-state index is -0.635. The third kappa shape index (κ3) is 5.04. The number of benzene rings is 3.